The molecule has 1 unspecified atom stereocenters. The third kappa shape index (κ3) is 1.96. The van der Waals surface area contributed by atoms with E-state index in [2.05, 4.69) is 25.7 Å². The number of benzene rings is 1. The van der Waals surface area contributed by atoms with E-state index in [0.717, 1.165) is 15.4 Å². The molecule has 16 heavy (non-hydrogen) atoms. The molecule has 0 radical (unpaired) electrons. The summed E-state index contributed by atoms with van der Waals surface area (Å²) in [4.78, 5) is 14.4. The van der Waals surface area contributed by atoms with Crippen LogP contribution in [-0.4, -0.2) is 18.1 Å². The minimum absolute atomic E-state index is 0.453. The van der Waals surface area contributed by atoms with Crippen molar-refractivity contribution in [3.05, 3.63) is 34.4 Å². The minimum Gasteiger partial charge on any atom is -0.468 e. The number of halogens is 1. The molecule has 2 rings (SSSR count). The molecule has 1 heterocycles. The number of nitrogens with one attached hydrogen (secondary N) is 1. The molecule has 2 aromatic rings. The fourth-order valence-electron chi connectivity index (χ4n) is 1.54. The van der Waals surface area contributed by atoms with Crippen LogP contribution in [0.4, 0.5) is 0 Å². The number of carbonyl (C=O) groups is 1. The zero-order chi connectivity index (χ0) is 11.7. The summed E-state index contributed by atoms with van der Waals surface area (Å²) in [5.74, 6) is -0.453. The minimum atomic E-state index is -0.767. The number of aromatic nitrogens is 1. The number of carbonyl (C=O) groups excluding carboxylic acids is 1. The van der Waals surface area contributed by atoms with Crippen LogP contribution in [0.2, 0.25) is 0 Å². The maximum Gasteiger partial charge on any atom is 0.328 e. The van der Waals surface area contributed by atoms with Gasteiger partial charge in [-0.1, -0.05) is 22.0 Å². The zero-order valence-corrected chi connectivity index (χ0v) is 10.2. The predicted octanol–water partition coefficient (Wildman–Crippen LogP) is 2.10. The fraction of sp³-hybridized carbons (Fsp3) is 0.182. The Morgan fingerprint density at radius 3 is 2.94 bits per heavy atom. The van der Waals surface area contributed by atoms with Gasteiger partial charge >= 0.3 is 5.97 Å². The summed E-state index contributed by atoms with van der Waals surface area (Å²) < 4.78 is 5.57. The molecule has 0 spiro atoms. The first-order valence-corrected chi connectivity index (χ1v) is 5.52. The van der Waals surface area contributed by atoms with E-state index in [1.807, 2.05) is 24.3 Å². The Balaban J connectivity index is 2.43. The van der Waals surface area contributed by atoms with E-state index in [1.165, 1.54) is 7.11 Å². The lowest BCUT2D eigenvalue weighted by Crippen LogP contribution is -2.22. The van der Waals surface area contributed by atoms with Crippen molar-refractivity contribution in [2.45, 2.75) is 6.04 Å². The largest absolute Gasteiger partial charge is 0.468 e. The first kappa shape index (κ1) is 11.2. The van der Waals surface area contributed by atoms with Gasteiger partial charge < -0.3 is 15.5 Å². The number of nitrogens with two attached hydrogens (primary N) is 1. The smallest absolute Gasteiger partial charge is 0.328 e. The van der Waals surface area contributed by atoms with Gasteiger partial charge in [0.2, 0.25) is 0 Å². The second kappa shape index (κ2) is 4.27. The Hall–Kier alpha value is -1.33. The van der Waals surface area contributed by atoms with E-state index < -0.39 is 12.0 Å². The monoisotopic (exact) mass is 282 g/mol. The second-order valence-electron chi connectivity index (χ2n) is 3.46. The zero-order valence-electron chi connectivity index (χ0n) is 8.66. The molecule has 1 aromatic carbocycles. The molecule has 0 bridgehead atoms. The summed E-state index contributed by atoms with van der Waals surface area (Å²) in [6, 6.07) is 6.90. The lowest BCUT2D eigenvalue weighted by molar-refractivity contribution is -0.142. The van der Waals surface area contributed by atoms with Crippen molar-refractivity contribution in [3.8, 4) is 0 Å². The molecule has 4 nitrogen and oxygen atoms in total. The summed E-state index contributed by atoms with van der Waals surface area (Å²) in [6.45, 7) is 0. The van der Waals surface area contributed by atoms with E-state index in [4.69, 9.17) is 5.73 Å². The molecule has 0 saturated carbocycles. The second-order valence-corrected chi connectivity index (χ2v) is 4.37. The average Bonchev–Trinajstić information content (AvgIpc) is 2.69. The van der Waals surface area contributed by atoms with Gasteiger partial charge in [0.05, 0.1) is 7.11 Å². The number of hydrogen-bond donors (Lipinski definition) is 2. The van der Waals surface area contributed by atoms with Crippen LogP contribution in [0, 0.1) is 0 Å². The number of fused-ring (bicyclic) bond motifs is 1. The quantitative estimate of drug-likeness (QED) is 0.829. The standard InChI is InChI=1S/C11H11BrN2O2/c1-16-11(15)10(13)9-4-6-2-3-7(12)5-8(6)14-9/h2-5,10,14H,13H2,1H3. The molecule has 0 fully saturated rings. The molecule has 0 saturated heterocycles. The highest BCUT2D eigenvalue weighted by atomic mass is 79.9. The van der Waals surface area contributed by atoms with Crippen LogP contribution in [-0.2, 0) is 9.53 Å². The van der Waals surface area contributed by atoms with Gasteiger partial charge in [0, 0.05) is 15.7 Å². The van der Waals surface area contributed by atoms with Crippen molar-refractivity contribution in [3.63, 3.8) is 0 Å². The van der Waals surface area contributed by atoms with Gasteiger partial charge in [0.15, 0.2) is 0 Å². The van der Waals surface area contributed by atoms with Crippen LogP contribution < -0.4 is 5.73 Å². The number of ether oxygens (including phenoxy) is 1. The van der Waals surface area contributed by atoms with Gasteiger partial charge in [-0.05, 0) is 23.6 Å². The Morgan fingerprint density at radius 1 is 1.50 bits per heavy atom. The molecular weight excluding hydrogens is 272 g/mol. The summed E-state index contributed by atoms with van der Waals surface area (Å²) in [6.07, 6.45) is 0. The van der Waals surface area contributed by atoms with Crippen molar-refractivity contribution in [2.75, 3.05) is 7.11 Å². The Kier molecular flexibility index (Phi) is 2.98. The summed E-state index contributed by atoms with van der Waals surface area (Å²) in [7, 11) is 1.32. The van der Waals surface area contributed by atoms with Crippen molar-refractivity contribution < 1.29 is 9.53 Å². The highest BCUT2D eigenvalue weighted by molar-refractivity contribution is 9.10. The molecule has 0 aliphatic heterocycles. The van der Waals surface area contributed by atoms with E-state index >= 15 is 0 Å². The topological polar surface area (TPSA) is 68.1 Å². The van der Waals surface area contributed by atoms with Gasteiger partial charge in [-0.3, -0.25) is 0 Å². The molecule has 0 aliphatic carbocycles. The van der Waals surface area contributed by atoms with Gasteiger partial charge in [0.25, 0.3) is 0 Å². The Labute approximate surface area is 101 Å². The van der Waals surface area contributed by atoms with E-state index in [9.17, 15) is 4.79 Å². The highest BCUT2D eigenvalue weighted by Gasteiger charge is 2.18. The van der Waals surface area contributed by atoms with Crippen LogP contribution >= 0.6 is 15.9 Å². The summed E-state index contributed by atoms with van der Waals surface area (Å²) in [5, 5.41) is 1.01. The lowest BCUT2D eigenvalue weighted by atomic mass is 10.2. The van der Waals surface area contributed by atoms with Crippen LogP contribution in [0.15, 0.2) is 28.7 Å². The van der Waals surface area contributed by atoms with Gasteiger partial charge in [-0.2, -0.15) is 0 Å². The highest BCUT2D eigenvalue weighted by Crippen LogP contribution is 2.22. The normalized spacial score (nSPS) is 12.7. The fourth-order valence-corrected chi connectivity index (χ4v) is 1.90. The number of esters is 1. The van der Waals surface area contributed by atoms with E-state index in [-0.39, 0.29) is 0 Å². The molecule has 5 heteroatoms. The van der Waals surface area contributed by atoms with Crippen molar-refractivity contribution in [1.82, 2.24) is 4.98 Å². The number of aromatic amines is 1. The van der Waals surface area contributed by atoms with Crippen molar-refractivity contribution in [1.29, 1.82) is 0 Å². The Bertz CT molecular complexity index is 536. The summed E-state index contributed by atoms with van der Waals surface area (Å²) in [5.41, 5.74) is 7.32. The van der Waals surface area contributed by atoms with Crippen LogP contribution in [0.5, 0.6) is 0 Å². The third-order valence-electron chi connectivity index (χ3n) is 2.40. The summed E-state index contributed by atoms with van der Waals surface area (Å²) >= 11 is 3.38. The van der Waals surface area contributed by atoms with Crippen molar-refractivity contribution >= 4 is 32.8 Å². The number of methoxy groups -OCH3 is 1. The maximum absolute atomic E-state index is 11.3. The van der Waals surface area contributed by atoms with Crippen LogP contribution in [0.1, 0.15) is 11.7 Å². The maximum atomic E-state index is 11.3. The molecule has 0 aliphatic rings. The number of H-pyrrole nitrogens is 1. The van der Waals surface area contributed by atoms with Crippen molar-refractivity contribution in [2.24, 2.45) is 5.73 Å². The first-order valence-electron chi connectivity index (χ1n) is 4.73. The van der Waals surface area contributed by atoms with Gasteiger partial charge in [0.1, 0.15) is 6.04 Å². The molecule has 0 amide bonds. The third-order valence-corrected chi connectivity index (χ3v) is 2.89. The molecule has 1 atom stereocenters. The van der Waals surface area contributed by atoms with Crippen LogP contribution in [0.25, 0.3) is 10.9 Å². The van der Waals surface area contributed by atoms with Gasteiger partial charge in [-0.25, -0.2) is 4.79 Å². The average molecular weight is 283 g/mol. The first-order chi connectivity index (χ1) is 7.61. The number of hydrogen-bond acceptors (Lipinski definition) is 3. The number of rotatable bonds is 2. The molecule has 1 aromatic heterocycles. The predicted molar refractivity (Wildman–Crippen MR) is 64.9 cm³/mol. The van der Waals surface area contributed by atoms with E-state index in [1.54, 1.807) is 0 Å². The Morgan fingerprint density at radius 2 is 2.25 bits per heavy atom. The molecular formula is C11H11BrN2O2. The SMILES string of the molecule is COC(=O)C(N)c1cc2ccc(Br)cc2[nH]1. The molecule has 84 valence electrons. The lowest BCUT2D eigenvalue weighted by Gasteiger charge is -2.05. The van der Waals surface area contributed by atoms with Gasteiger partial charge in [-0.15, -0.1) is 0 Å². The molecule has 3 N–H and O–H groups in total. The van der Waals surface area contributed by atoms with E-state index in [0.29, 0.717) is 5.69 Å². The van der Waals surface area contributed by atoms with Crippen LogP contribution in [0.3, 0.4) is 0 Å².